The van der Waals surface area contributed by atoms with Crippen LogP contribution in [0.4, 0.5) is 24.8 Å². The van der Waals surface area contributed by atoms with E-state index in [1.54, 1.807) is 36.7 Å². The van der Waals surface area contributed by atoms with Crippen molar-refractivity contribution in [1.82, 2.24) is 9.97 Å². The highest BCUT2D eigenvalue weighted by Crippen LogP contribution is 2.37. The molecule has 0 spiro atoms. The van der Waals surface area contributed by atoms with Gasteiger partial charge in [0.2, 0.25) is 5.95 Å². The Hall–Kier alpha value is -3.08. The Labute approximate surface area is 199 Å². The molecule has 3 heterocycles. The first-order valence-electron chi connectivity index (χ1n) is 10.8. The van der Waals surface area contributed by atoms with Crippen LogP contribution < -0.4 is 14.6 Å². The molecular weight excluding hydrogens is 475 g/mol. The highest BCUT2D eigenvalue weighted by Gasteiger charge is 2.48. The molecule has 12 heteroatoms. The van der Waals surface area contributed by atoms with Crippen molar-refractivity contribution < 1.29 is 27.8 Å². The second-order valence-electron chi connectivity index (χ2n) is 8.28. The molecule has 1 saturated heterocycles. The number of ether oxygens (including phenoxy) is 1. The first-order chi connectivity index (χ1) is 16.1. The summed E-state index contributed by atoms with van der Waals surface area (Å²) in [7, 11) is 0. The minimum Gasteiger partial charge on any atom is -0.490 e. The van der Waals surface area contributed by atoms with Crippen molar-refractivity contribution in [3.05, 3.63) is 41.7 Å². The van der Waals surface area contributed by atoms with E-state index in [9.17, 15) is 23.1 Å². The van der Waals surface area contributed by atoms with Crippen LogP contribution in [0, 0.1) is 5.92 Å². The van der Waals surface area contributed by atoms with E-state index in [0.29, 0.717) is 35.5 Å². The summed E-state index contributed by atoms with van der Waals surface area (Å²) < 4.78 is 46.1. The van der Waals surface area contributed by atoms with Crippen LogP contribution in [0.5, 0.6) is 5.75 Å². The Morgan fingerprint density at radius 2 is 1.79 bits per heavy atom. The van der Waals surface area contributed by atoms with E-state index in [-0.39, 0.29) is 6.10 Å². The van der Waals surface area contributed by atoms with Gasteiger partial charge < -0.3 is 14.7 Å². The molecule has 0 bridgehead atoms. The lowest BCUT2D eigenvalue weighted by Crippen LogP contribution is -2.39. The standard InChI is InChI=1S/C22H23ClF3N5O3/c1-13-18(10-19(32)33)31(29-20(13)22(24,25)26)15-2-4-16(5-3-15)34-17-6-8-30(9-7-17)21-27-11-14(23)12-28-21/h2-5,11-13,17-18H,6-10H2,1H3,(H,32,33). The fourth-order valence-electron chi connectivity index (χ4n) is 4.19. The largest absolute Gasteiger partial charge is 0.490 e. The number of carboxylic acids is 1. The summed E-state index contributed by atoms with van der Waals surface area (Å²) in [5.74, 6) is -1.06. The Morgan fingerprint density at radius 1 is 1.18 bits per heavy atom. The number of rotatable bonds is 6. The van der Waals surface area contributed by atoms with Gasteiger partial charge in [-0.25, -0.2) is 9.97 Å². The summed E-state index contributed by atoms with van der Waals surface area (Å²) >= 11 is 5.83. The maximum atomic E-state index is 13.3. The number of carboxylic acid groups (broad SMARTS) is 1. The lowest BCUT2D eigenvalue weighted by Gasteiger charge is -2.32. The molecule has 34 heavy (non-hydrogen) atoms. The summed E-state index contributed by atoms with van der Waals surface area (Å²) in [6, 6.07) is 5.58. The van der Waals surface area contributed by atoms with Crippen LogP contribution in [0.2, 0.25) is 5.02 Å². The smallest absolute Gasteiger partial charge is 0.431 e. The van der Waals surface area contributed by atoms with E-state index in [0.717, 1.165) is 17.9 Å². The highest BCUT2D eigenvalue weighted by molar-refractivity contribution is 6.30. The van der Waals surface area contributed by atoms with Crippen LogP contribution >= 0.6 is 11.6 Å². The fourth-order valence-corrected chi connectivity index (χ4v) is 4.29. The second kappa shape index (κ2) is 9.65. The number of aliphatic carboxylic acids is 1. The van der Waals surface area contributed by atoms with Crippen LogP contribution in [-0.2, 0) is 4.79 Å². The monoisotopic (exact) mass is 497 g/mol. The summed E-state index contributed by atoms with van der Waals surface area (Å²) in [5.41, 5.74) is -0.602. The summed E-state index contributed by atoms with van der Waals surface area (Å²) in [5, 5.41) is 14.5. The van der Waals surface area contributed by atoms with Crippen LogP contribution in [-0.4, -0.2) is 58.2 Å². The van der Waals surface area contributed by atoms with Gasteiger partial charge in [0.25, 0.3) is 0 Å². The number of halogens is 4. The molecule has 0 aliphatic carbocycles. The third kappa shape index (κ3) is 5.35. The predicted octanol–water partition coefficient (Wildman–Crippen LogP) is 4.40. The van der Waals surface area contributed by atoms with E-state index in [1.807, 2.05) is 4.90 Å². The highest BCUT2D eigenvalue weighted by atomic mass is 35.5. The first kappa shape index (κ1) is 24.1. The number of hydrazone groups is 1. The average Bonchev–Trinajstić information content (AvgIpc) is 3.11. The minimum absolute atomic E-state index is 0.0316. The van der Waals surface area contributed by atoms with Crippen molar-refractivity contribution in [1.29, 1.82) is 0 Å². The lowest BCUT2D eigenvalue weighted by atomic mass is 9.94. The molecule has 182 valence electrons. The average molecular weight is 498 g/mol. The molecule has 1 aromatic heterocycles. The maximum Gasteiger partial charge on any atom is 0.431 e. The van der Waals surface area contributed by atoms with E-state index in [2.05, 4.69) is 15.1 Å². The molecule has 1 fully saturated rings. The Balaban J connectivity index is 1.40. The molecule has 2 unspecified atom stereocenters. The van der Waals surface area contributed by atoms with Gasteiger partial charge in [-0.05, 0) is 24.3 Å². The summed E-state index contributed by atoms with van der Waals surface area (Å²) in [6.07, 6.45) is -0.515. The number of anilines is 2. The zero-order valence-electron chi connectivity index (χ0n) is 18.2. The number of hydrogen-bond donors (Lipinski definition) is 1. The van der Waals surface area contributed by atoms with Gasteiger partial charge in [-0.3, -0.25) is 9.80 Å². The minimum atomic E-state index is -4.63. The van der Waals surface area contributed by atoms with Crippen LogP contribution in [0.3, 0.4) is 0 Å². The van der Waals surface area contributed by atoms with Gasteiger partial charge in [-0.2, -0.15) is 18.3 Å². The number of nitrogens with zero attached hydrogens (tertiary/aromatic N) is 5. The van der Waals surface area contributed by atoms with Gasteiger partial charge >= 0.3 is 12.1 Å². The molecular formula is C22H23ClF3N5O3. The molecule has 2 aliphatic heterocycles. The van der Waals surface area contributed by atoms with Gasteiger partial charge in [0.15, 0.2) is 0 Å². The third-order valence-corrected chi connectivity index (χ3v) is 6.14. The molecule has 4 rings (SSSR count). The zero-order valence-corrected chi connectivity index (χ0v) is 19.0. The van der Waals surface area contributed by atoms with Gasteiger partial charge in [-0.1, -0.05) is 18.5 Å². The third-order valence-electron chi connectivity index (χ3n) is 5.95. The van der Waals surface area contributed by atoms with E-state index in [1.165, 1.54) is 6.92 Å². The van der Waals surface area contributed by atoms with Gasteiger partial charge in [-0.15, -0.1) is 0 Å². The number of carbonyl (C=O) groups is 1. The Kier molecular flexibility index (Phi) is 6.83. The van der Waals surface area contributed by atoms with Crippen LogP contribution in [0.1, 0.15) is 26.2 Å². The van der Waals surface area contributed by atoms with Gasteiger partial charge in [0, 0.05) is 31.8 Å². The molecule has 1 N–H and O–H groups in total. The number of hydrogen-bond acceptors (Lipinski definition) is 7. The van der Waals surface area contributed by atoms with Crippen molar-refractivity contribution in [3.8, 4) is 5.75 Å². The van der Waals surface area contributed by atoms with Gasteiger partial charge in [0.05, 0.1) is 35.6 Å². The number of aromatic nitrogens is 2. The number of benzene rings is 1. The fraction of sp³-hybridized carbons (Fsp3) is 0.455. The quantitative estimate of drug-likeness (QED) is 0.632. The molecule has 2 atom stereocenters. The van der Waals surface area contributed by atoms with Crippen molar-refractivity contribution >= 4 is 34.9 Å². The zero-order chi connectivity index (χ0) is 24.5. The van der Waals surface area contributed by atoms with E-state index in [4.69, 9.17) is 16.3 Å². The molecule has 8 nitrogen and oxygen atoms in total. The molecule has 2 aliphatic rings. The van der Waals surface area contributed by atoms with Gasteiger partial charge in [0.1, 0.15) is 17.6 Å². The maximum absolute atomic E-state index is 13.3. The van der Waals surface area contributed by atoms with Crippen molar-refractivity contribution in [3.63, 3.8) is 0 Å². The van der Waals surface area contributed by atoms with Crippen LogP contribution in [0.25, 0.3) is 0 Å². The number of alkyl halides is 3. The molecule has 0 radical (unpaired) electrons. The first-order valence-corrected chi connectivity index (χ1v) is 11.2. The lowest BCUT2D eigenvalue weighted by molar-refractivity contribution is -0.137. The molecule has 0 saturated carbocycles. The Morgan fingerprint density at radius 3 is 2.35 bits per heavy atom. The van der Waals surface area contributed by atoms with Crippen molar-refractivity contribution in [2.75, 3.05) is 23.0 Å². The molecule has 0 amide bonds. The topological polar surface area (TPSA) is 91.2 Å². The molecule has 2 aromatic rings. The normalized spacial score (nSPS) is 21.5. The summed E-state index contributed by atoms with van der Waals surface area (Å²) in [4.78, 5) is 21.7. The second-order valence-corrected chi connectivity index (χ2v) is 8.72. The number of piperidine rings is 1. The van der Waals surface area contributed by atoms with E-state index < -0.39 is 36.2 Å². The van der Waals surface area contributed by atoms with Crippen molar-refractivity contribution in [2.45, 2.75) is 44.5 Å². The van der Waals surface area contributed by atoms with Crippen LogP contribution in [0.15, 0.2) is 41.8 Å². The predicted molar refractivity (Wildman–Crippen MR) is 121 cm³/mol. The Bertz CT molecular complexity index is 1040. The van der Waals surface area contributed by atoms with E-state index >= 15 is 0 Å². The molecule has 1 aromatic carbocycles. The van der Waals surface area contributed by atoms with Crippen molar-refractivity contribution in [2.24, 2.45) is 11.0 Å². The SMILES string of the molecule is CC1C(C(F)(F)F)=NN(c2ccc(OC3CCN(c4ncc(Cl)cn4)CC3)cc2)C1CC(=O)O. The summed E-state index contributed by atoms with van der Waals surface area (Å²) in [6.45, 7) is 2.77.